The van der Waals surface area contributed by atoms with Crippen LogP contribution in [0.2, 0.25) is 0 Å². The SMILES string of the molecule is CCC1CC(C)(C)CCCN1C1=NC(=O)/C(=C/c2ccc(OCC(=O)O)cc2)S1. The normalized spacial score (nSPS) is 23.1. The molecule has 2 aliphatic heterocycles. The van der Waals surface area contributed by atoms with Crippen molar-refractivity contribution in [2.45, 2.75) is 52.5 Å². The van der Waals surface area contributed by atoms with Gasteiger partial charge >= 0.3 is 5.97 Å². The molecule has 0 saturated carbocycles. The summed E-state index contributed by atoms with van der Waals surface area (Å²) in [4.78, 5) is 30.4. The first-order valence-electron chi connectivity index (χ1n) is 10.0. The highest BCUT2D eigenvalue weighted by atomic mass is 32.2. The number of hydrogen-bond acceptors (Lipinski definition) is 5. The monoisotopic (exact) mass is 416 g/mol. The summed E-state index contributed by atoms with van der Waals surface area (Å²) in [6.45, 7) is 7.40. The van der Waals surface area contributed by atoms with E-state index in [4.69, 9.17) is 9.84 Å². The fourth-order valence-corrected chi connectivity index (χ4v) is 4.87. The summed E-state index contributed by atoms with van der Waals surface area (Å²) in [5.41, 5.74) is 1.16. The van der Waals surface area contributed by atoms with E-state index in [1.54, 1.807) is 24.3 Å². The average Bonchev–Trinajstić information content (AvgIpc) is 2.94. The Bertz CT molecular complexity index is 830. The fraction of sp³-hybridized carbons (Fsp3) is 0.500. The van der Waals surface area contributed by atoms with Crippen LogP contribution in [0.15, 0.2) is 34.2 Å². The van der Waals surface area contributed by atoms with Crippen molar-refractivity contribution in [2.75, 3.05) is 13.2 Å². The predicted octanol–water partition coefficient (Wildman–Crippen LogP) is 4.41. The van der Waals surface area contributed by atoms with Crippen LogP contribution in [-0.4, -0.2) is 46.2 Å². The third-order valence-corrected chi connectivity index (χ3v) is 6.37. The lowest BCUT2D eigenvalue weighted by molar-refractivity contribution is -0.139. The zero-order valence-electron chi connectivity index (χ0n) is 17.2. The van der Waals surface area contributed by atoms with Crippen LogP contribution >= 0.6 is 11.8 Å². The molecule has 0 aromatic heterocycles. The molecule has 0 aliphatic carbocycles. The zero-order chi connectivity index (χ0) is 21.0. The molecule has 1 fully saturated rings. The largest absolute Gasteiger partial charge is 0.482 e. The zero-order valence-corrected chi connectivity index (χ0v) is 18.0. The summed E-state index contributed by atoms with van der Waals surface area (Å²) in [6.07, 6.45) is 6.26. The molecule has 7 heteroatoms. The number of carboxylic acid groups (broad SMARTS) is 1. The molecule has 0 radical (unpaired) electrons. The van der Waals surface area contributed by atoms with Gasteiger partial charge in [0.05, 0.1) is 4.91 Å². The van der Waals surface area contributed by atoms with E-state index in [1.165, 1.54) is 18.2 Å². The van der Waals surface area contributed by atoms with Gasteiger partial charge in [0.25, 0.3) is 5.91 Å². The number of hydrogen-bond donors (Lipinski definition) is 1. The van der Waals surface area contributed by atoms with E-state index in [2.05, 4.69) is 30.7 Å². The number of aliphatic imine (C=N–C) groups is 1. The number of likely N-dealkylation sites (tertiary alicyclic amines) is 1. The predicted molar refractivity (Wildman–Crippen MR) is 116 cm³/mol. The van der Waals surface area contributed by atoms with Gasteiger partial charge in [-0.15, -0.1) is 0 Å². The van der Waals surface area contributed by atoms with Gasteiger partial charge in [-0.3, -0.25) is 4.79 Å². The van der Waals surface area contributed by atoms with Crippen LogP contribution in [0.4, 0.5) is 0 Å². The standard InChI is InChI=1S/C22H28N2O4S/c1-4-16-13-22(2,3)10-5-11-24(16)21-23-20(27)18(29-21)12-15-6-8-17(9-7-15)28-14-19(25)26/h6-9,12,16H,4-5,10-11,13-14H2,1-3H3,(H,25,26)/b18-12-. The second kappa shape index (κ2) is 9.03. The Labute approximate surface area is 176 Å². The third-order valence-electron chi connectivity index (χ3n) is 5.35. The molecule has 1 saturated heterocycles. The molecule has 0 bridgehead atoms. The molecule has 1 aromatic carbocycles. The van der Waals surface area contributed by atoms with Gasteiger partial charge in [0.1, 0.15) is 5.75 Å². The Hall–Kier alpha value is -2.28. The van der Waals surface area contributed by atoms with Crippen LogP contribution in [0, 0.1) is 5.41 Å². The van der Waals surface area contributed by atoms with E-state index >= 15 is 0 Å². The van der Waals surface area contributed by atoms with Gasteiger partial charge in [0.15, 0.2) is 11.8 Å². The molecular weight excluding hydrogens is 388 g/mol. The number of ether oxygens (including phenoxy) is 1. The molecule has 0 spiro atoms. The number of rotatable bonds is 5. The van der Waals surface area contributed by atoms with Gasteiger partial charge < -0.3 is 14.7 Å². The highest BCUT2D eigenvalue weighted by Crippen LogP contribution is 2.38. The van der Waals surface area contributed by atoms with Crippen LogP contribution in [0.1, 0.15) is 52.0 Å². The van der Waals surface area contributed by atoms with Crippen molar-refractivity contribution in [1.29, 1.82) is 0 Å². The highest BCUT2D eigenvalue weighted by molar-refractivity contribution is 8.18. The van der Waals surface area contributed by atoms with E-state index in [9.17, 15) is 9.59 Å². The Balaban J connectivity index is 1.70. The molecule has 6 nitrogen and oxygen atoms in total. The first kappa shape index (κ1) is 21.4. The van der Waals surface area contributed by atoms with Gasteiger partial charge in [-0.05, 0) is 66.6 Å². The second-order valence-corrected chi connectivity index (χ2v) is 9.30. The van der Waals surface area contributed by atoms with E-state index in [-0.39, 0.29) is 12.5 Å². The Morgan fingerprint density at radius 2 is 2.10 bits per heavy atom. The van der Waals surface area contributed by atoms with Crippen molar-refractivity contribution in [3.63, 3.8) is 0 Å². The van der Waals surface area contributed by atoms with E-state index in [1.807, 2.05) is 6.08 Å². The fourth-order valence-electron chi connectivity index (χ4n) is 3.85. The van der Waals surface area contributed by atoms with Crippen molar-refractivity contribution in [3.05, 3.63) is 34.7 Å². The second-order valence-electron chi connectivity index (χ2n) is 8.29. The molecule has 1 atom stereocenters. The summed E-state index contributed by atoms with van der Waals surface area (Å²) in [7, 11) is 0. The van der Waals surface area contributed by atoms with Gasteiger partial charge in [0, 0.05) is 12.6 Å². The number of amides is 1. The third kappa shape index (κ3) is 5.63. The van der Waals surface area contributed by atoms with E-state index < -0.39 is 5.97 Å². The van der Waals surface area contributed by atoms with Crippen LogP contribution in [0.3, 0.4) is 0 Å². The maximum Gasteiger partial charge on any atom is 0.341 e. The Morgan fingerprint density at radius 3 is 2.76 bits per heavy atom. The lowest BCUT2D eigenvalue weighted by Crippen LogP contribution is -2.38. The highest BCUT2D eigenvalue weighted by Gasteiger charge is 2.34. The number of benzene rings is 1. The van der Waals surface area contributed by atoms with Gasteiger partial charge in [-0.2, -0.15) is 4.99 Å². The summed E-state index contributed by atoms with van der Waals surface area (Å²) in [5.74, 6) is -0.736. The molecule has 1 amide bonds. The topological polar surface area (TPSA) is 79.2 Å². The number of carboxylic acids is 1. The van der Waals surface area contributed by atoms with Crippen LogP contribution in [0.25, 0.3) is 6.08 Å². The maximum absolute atomic E-state index is 12.5. The van der Waals surface area contributed by atoms with Gasteiger partial charge in [-0.25, -0.2) is 4.79 Å². The van der Waals surface area contributed by atoms with Crippen molar-refractivity contribution in [3.8, 4) is 5.75 Å². The molecular formula is C22H28N2O4S. The number of amidine groups is 1. The smallest absolute Gasteiger partial charge is 0.341 e. The first-order valence-corrected chi connectivity index (χ1v) is 10.8. The minimum absolute atomic E-state index is 0.199. The number of thioether (sulfide) groups is 1. The molecule has 2 heterocycles. The number of carbonyl (C=O) groups excluding carboxylic acids is 1. The number of carbonyl (C=O) groups is 2. The molecule has 1 N–H and O–H groups in total. The molecule has 3 rings (SSSR count). The van der Waals surface area contributed by atoms with Crippen LogP contribution < -0.4 is 4.74 Å². The van der Waals surface area contributed by atoms with Crippen molar-refractivity contribution < 1.29 is 19.4 Å². The van der Waals surface area contributed by atoms with Crippen molar-refractivity contribution in [1.82, 2.24) is 4.90 Å². The average molecular weight is 417 g/mol. The van der Waals surface area contributed by atoms with Crippen molar-refractivity contribution >= 4 is 34.9 Å². The molecule has 2 aliphatic rings. The van der Waals surface area contributed by atoms with Gasteiger partial charge in [-0.1, -0.05) is 32.9 Å². The van der Waals surface area contributed by atoms with Crippen LogP contribution in [0.5, 0.6) is 5.75 Å². The Morgan fingerprint density at radius 1 is 1.38 bits per heavy atom. The quantitative estimate of drug-likeness (QED) is 0.716. The first-order chi connectivity index (χ1) is 13.8. The van der Waals surface area contributed by atoms with Crippen LogP contribution in [-0.2, 0) is 9.59 Å². The summed E-state index contributed by atoms with van der Waals surface area (Å²) < 4.78 is 5.14. The maximum atomic E-state index is 12.5. The summed E-state index contributed by atoms with van der Waals surface area (Å²) >= 11 is 1.45. The van der Waals surface area contributed by atoms with Crippen molar-refractivity contribution in [2.24, 2.45) is 10.4 Å². The number of nitrogens with zero attached hydrogens (tertiary/aromatic N) is 2. The van der Waals surface area contributed by atoms with E-state index in [0.717, 1.165) is 36.5 Å². The Kier molecular flexibility index (Phi) is 6.67. The molecule has 1 aromatic rings. The summed E-state index contributed by atoms with van der Waals surface area (Å²) in [6, 6.07) is 7.41. The lowest BCUT2D eigenvalue weighted by atomic mass is 9.82. The molecule has 1 unspecified atom stereocenters. The van der Waals surface area contributed by atoms with Gasteiger partial charge in [0.2, 0.25) is 0 Å². The number of aliphatic carboxylic acids is 1. The summed E-state index contributed by atoms with van der Waals surface area (Å²) in [5, 5.41) is 9.48. The lowest BCUT2D eigenvalue weighted by Gasteiger charge is -2.33. The minimum atomic E-state index is -1.02. The molecule has 156 valence electrons. The molecule has 29 heavy (non-hydrogen) atoms. The minimum Gasteiger partial charge on any atom is -0.482 e. The van der Waals surface area contributed by atoms with E-state index in [0.29, 0.717) is 22.1 Å².